The normalized spacial score (nSPS) is 11.7. The smallest absolute Gasteiger partial charge is 0.255 e. The highest BCUT2D eigenvalue weighted by Crippen LogP contribution is 2.26. The van der Waals surface area contributed by atoms with E-state index < -0.39 is 0 Å². The maximum atomic E-state index is 12.2. The van der Waals surface area contributed by atoms with Gasteiger partial charge in [-0.2, -0.15) is 0 Å². The lowest BCUT2D eigenvalue weighted by Gasteiger charge is -2.12. The van der Waals surface area contributed by atoms with E-state index in [1.165, 1.54) is 18.4 Å². The van der Waals surface area contributed by atoms with Gasteiger partial charge in [-0.25, -0.2) is 4.98 Å². The number of nitrogens with one attached hydrogen (secondary N) is 1. The first-order valence-corrected chi connectivity index (χ1v) is 9.92. The number of hydrogen-bond donors (Lipinski definition) is 2. The van der Waals surface area contributed by atoms with Crippen molar-refractivity contribution in [2.45, 2.75) is 39.2 Å². The second-order valence-electron chi connectivity index (χ2n) is 7.12. The summed E-state index contributed by atoms with van der Waals surface area (Å²) in [6.45, 7) is 4.86. The number of nitrogens with zero attached hydrogens (tertiary/aromatic N) is 1. The quantitative estimate of drug-likeness (QED) is 0.549. The van der Waals surface area contributed by atoms with E-state index in [2.05, 4.69) is 36.3 Å². The molecule has 0 saturated carbocycles. The van der Waals surface area contributed by atoms with E-state index in [1.807, 2.05) is 36.4 Å². The summed E-state index contributed by atoms with van der Waals surface area (Å²) in [5, 5.41) is 2.85. The monoisotopic (exact) mass is 389 g/mol. The number of ether oxygens (including phenoxy) is 1. The molecule has 150 valence electrons. The van der Waals surface area contributed by atoms with Crippen LogP contribution in [0.1, 0.15) is 54.1 Å². The van der Waals surface area contributed by atoms with Crippen molar-refractivity contribution in [1.29, 1.82) is 0 Å². The number of amides is 1. The molecule has 5 heteroatoms. The largest absolute Gasteiger partial charge is 0.457 e. The zero-order chi connectivity index (χ0) is 20.6. The number of carbonyl (C=O) groups excluding carboxylic acids is 1. The molecule has 1 aromatic heterocycles. The maximum absolute atomic E-state index is 12.2. The molecule has 1 heterocycles. The number of nitrogen functional groups attached to an aromatic ring is 1. The van der Waals surface area contributed by atoms with Gasteiger partial charge in [0.05, 0.1) is 5.56 Å². The topological polar surface area (TPSA) is 77.2 Å². The summed E-state index contributed by atoms with van der Waals surface area (Å²) in [5.74, 6) is 2.11. The zero-order valence-corrected chi connectivity index (χ0v) is 16.9. The fraction of sp³-hybridized carbons (Fsp3) is 0.250. The zero-order valence-electron chi connectivity index (χ0n) is 16.9. The van der Waals surface area contributed by atoms with E-state index >= 15 is 0 Å². The average Bonchev–Trinajstić information content (AvgIpc) is 2.74. The summed E-state index contributed by atoms with van der Waals surface area (Å²) in [7, 11) is 0. The Hall–Kier alpha value is -3.34. The third-order valence-corrected chi connectivity index (χ3v) is 4.87. The Balaban J connectivity index is 1.55. The van der Waals surface area contributed by atoms with Crippen LogP contribution in [-0.2, 0) is 6.54 Å². The summed E-state index contributed by atoms with van der Waals surface area (Å²) in [5.41, 5.74) is 8.42. The van der Waals surface area contributed by atoms with Crippen LogP contribution in [0.4, 0.5) is 5.82 Å². The van der Waals surface area contributed by atoms with E-state index in [4.69, 9.17) is 10.5 Å². The van der Waals surface area contributed by atoms with Crippen LogP contribution >= 0.6 is 0 Å². The fourth-order valence-electron chi connectivity index (χ4n) is 3.16. The van der Waals surface area contributed by atoms with E-state index in [1.54, 1.807) is 18.3 Å². The average molecular weight is 389 g/mol. The summed E-state index contributed by atoms with van der Waals surface area (Å²) >= 11 is 0. The molecule has 0 bridgehead atoms. The Morgan fingerprint density at radius 3 is 2.34 bits per heavy atom. The predicted molar refractivity (Wildman–Crippen MR) is 116 cm³/mol. The number of nitrogens with two attached hydrogens (primary N) is 1. The van der Waals surface area contributed by atoms with Crippen LogP contribution in [0, 0.1) is 0 Å². The molecule has 0 saturated heterocycles. The van der Waals surface area contributed by atoms with E-state index in [0.29, 0.717) is 18.0 Å². The molecular formula is C24H27N3O2. The Morgan fingerprint density at radius 2 is 1.72 bits per heavy atom. The van der Waals surface area contributed by atoms with Gasteiger partial charge in [0.15, 0.2) is 0 Å². The highest BCUT2D eigenvalue weighted by atomic mass is 16.5. The molecule has 5 nitrogen and oxygen atoms in total. The lowest BCUT2D eigenvalue weighted by molar-refractivity contribution is 0.0951. The minimum absolute atomic E-state index is 0.226. The van der Waals surface area contributed by atoms with Gasteiger partial charge < -0.3 is 15.8 Å². The van der Waals surface area contributed by atoms with Gasteiger partial charge in [-0.05, 0) is 59.9 Å². The standard InChI is InChI=1S/C24H27N3O2/c1-3-5-17(2)19-9-13-21(14-10-19)29-20-11-7-18(8-12-20)16-27-24(28)22-6-4-15-26-23(22)25/h4,6-15,17H,3,5,16H2,1-2H3,(H2,25,26)(H,27,28). The molecule has 1 unspecified atom stereocenters. The molecule has 0 aliphatic rings. The molecular weight excluding hydrogens is 362 g/mol. The van der Waals surface area contributed by atoms with Crippen molar-refractivity contribution in [3.63, 3.8) is 0 Å². The molecule has 0 spiro atoms. The lowest BCUT2D eigenvalue weighted by atomic mass is 9.97. The summed E-state index contributed by atoms with van der Waals surface area (Å²) in [4.78, 5) is 16.1. The highest BCUT2D eigenvalue weighted by Gasteiger charge is 2.09. The molecule has 3 aromatic rings. The molecule has 0 aliphatic carbocycles. The van der Waals surface area contributed by atoms with Gasteiger partial charge in [-0.1, -0.05) is 44.5 Å². The Kier molecular flexibility index (Phi) is 6.85. The highest BCUT2D eigenvalue weighted by molar-refractivity contribution is 5.98. The van der Waals surface area contributed by atoms with Crippen LogP contribution in [0.25, 0.3) is 0 Å². The summed E-state index contributed by atoms with van der Waals surface area (Å²) < 4.78 is 5.93. The first-order valence-electron chi connectivity index (χ1n) is 9.92. The Morgan fingerprint density at radius 1 is 1.07 bits per heavy atom. The first-order chi connectivity index (χ1) is 14.1. The van der Waals surface area contributed by atoms with Crippen LogP contribution in [-0.4, -0.2) is 10.9 Å². The molecule has 2 aromatic carbocycles. The minimum atomic E-state index is -0.242. The number of carbonyl (C=O) groups is 1. The second-order valence-corrected chi connectivity index (χ2v) is 7.12. The Bertz CT molecular complexity index is 937. The molecule has 3 rings (SSSR count). The number of aromatic nitrogens is 1. The SMILES string of the molecule is CCCC(C)c1ccc(Oc2ccc(CNC(=O)c3cccnc3N)cc2)cc1. The van der Waals surface area contributed by atoms with Crippen molar-refractivity contribution in [2.75, 3.05) is 5.73 Å². The number of anilines is 1. The van der Waals surface area contributed by atoms with Crippen LogP contribution in [0.5, 0.6) is 11.5 Å². The predicted octanol–water partition coefficient (Wildman–Crippen LogP) is 5.29. The molecule has 0 radical (unpaired) electrons. The first kappa shape index (κ1) is 20.4. The van der Waals surface area contributed by atoms with Crippen LogP contribution < -0.4 is 15.8 Å². The van der Waals surface area contributed by atoms with Crippen molar-refractivity contribution in [3.05, 3.63) is 83.6 Å². The van der Waals surface area contributed by atoms with Gasteiger partial charge in [-0.3, -0.25) is 4.79 Å². The van der Waals surface area contributed by atoms with Crippen molar-refractivity contribution in [1.82, 2.24) is 10.3 Å². The van der Waals surface area contributed by atoms with Crippen molar-refractivity contribution >= 4 is 11.7 Å². The van der Waals surface area contributed by atoms with Gasteiger partial charge >= 0.3 is 0 Å². The summed E-state index contributed by atoms with van der Waals surface area (Å²) in [6.07, 6.45) is 3.93. The van der Waals surface area contributed by atoms with Crippen LogP contribution in [0.15, 0.2) is 66.9 Å². The van der Waals surface area contributed by atoms with Crippen molar-refractivity contribution in [2.24, 2.45) is 0 Å². The molecule has 1 amide bonds. The maximum Gasteiger partial charge on any atom is 0.255 e. The molecule has 0 fully saturated rings. The van der Waals surface area contributed by atoms with Gasteiger partial charge in [0.25, 0.3) is 5.91 Å². The van der Waals surface area contributed by atoms with Gasteiger partial charge in [0.2, 0.25) is 0 Å². The van der Waals surface area contributed by atoms with Gasteiger partial charge in [-0.15, -0.1) is 0 Å². The number of rotatable bonds is 8. The van der Waals surface area contributed by atoms with Gasteiger partial charge in [0, 0.05) is 12.7 Å². The number of benzene rings is 2. The van der Waals surface area contributed by atoms with E-state index in [-0.39, 0.29) is 11.7 Å². The van der Waals surface area contributed by atoms with E-state index in [0.717, 1.165) is 17.1 Å². The van der Waals surface area contributed by atoms with Gasteiger partial charge in [0.1, 0.15) is 17.3 Å². The van der Waals surface area contributed by atoms with Crippen molar-refractivity contribution in [3.8, 4) is 11.5 Å². The fourth-order valence-corrected chi connectivity index (χ4v) is 3.16. The number of pyridine rings is 1. The third-order valence-electron chi connectivity index (χ3n) is 4.87. The third kappa shape index (κ3) is 5.57. The molecule has 0 aliphatic heterocycles. The van der Waals surface area contributed by atoms with Crippen LogP contribution in [0.2, 0.25) is 0 Å². The lowest BCUT2D eigenvalue weighted by Crippen LogP contribution is -2.24. The summed E-state index contributed by atoms with van der Waals surface area (Å²) in [6, 6.07) is 19.3. The van der Waals surface area contributed by atoms with E-state index in [9.17, 15) is 4.79 Å². The van der Waals surface area contributed by atoms with Crippen LogP contribution in [0.3, 0.4) is 0 Å². The minimum Gasteiger partial charge on any atom is -0.457 e. The van der Waals surface area contributed by atoms with Crippen molar-refractivity contribution < 1.29 is 9.53 Å². The number of hydrogen-bond acceptors (Lipinski definition) is 4. The second kappa shape index (κ2) is 9.73. The molecule has 3 N–H and O–H groups in total. The molecule has 1 atom stereocenters. The molecule has 29 heavy (non-hydrogen) atoms. The Labute approximate surface area is 171 Å².